The average Bonchev–Trinajstić information content (AvgIpc) is 3.80. The monoisotopic (exact) mass is 880 g/mol. The van der Waals surface area contributed by atoms with Crippen LogP contribution in [0.3, 0.4) is 0 Å². The molecule has 60 heavy (non-hydrogen) atoms. The van der Waals surface area contributed by atoms with E-state index in [1.807, 2.05) is 61.5 Å². The van der Waals surface area contributed by atoms with Gasteiger partial charge in [0.2, 0.25) is 11.9 Å². The van der Waals surface area contributed by atoms with Gasteiger partial charge in [0.05, 0.1) is 30.8 Å². The third-order valence-corrected chi connectivity index (χ3v) is 10.9. The molecule has 4 atom stereocenters. The topological polar surface area (TPSA) is 176 Å². The second kappa shape index (κ2) is 19.2. The molecular formula is C42H43Cl3N6O9. The second-order valence-corrected chi connectivity index (χ2v) is 15.6. The van der Waals surface area contributed by atoms with Crippen LogP contribution in [0.2, 0.25) is 15.1 Å². The smallest absolute Gasteiger partial charge is 0.306 e. The summed E-state index contributed by atoms with van der Waals surface area (Å²) in [5, 5.41) is 14.6. The molecule has 2 saturated heterocycles. The number of esters is 1. The number of Topliss-reactive ketones (excluding diaryl/α,β-unsaturated/α-hetero) is 1. The lowest BCUT2D eigenvalue weighted by Gasteiger charge is -2.44. The number of anilines is 2. The van der Waals surface area contributed by atoms with Crippen molar-refractivity contribution in [3.8, 4) is 11.6 Å². The molecule has 15 nitrogen and oxygen atoms in total. The normalized spacial score (nSPS) is 19.9. The number of nitrogens with one attached hydrogen (secondary N) is 1. The number of hydrogen-bond donors (Lipinski definition) is 2. The van der Waals surface area contributed by atoms with Crippen LogP contribution in [0.15, 0.2) is 79.1 Å². The number of carbonyl (C=O) groups is 3. The predicted molar refractivity (Wildman–Crippen MR) is 224 cm³/mol. The van der Waals surface area contributed by atoms with E-state index in [0.29, 0.717) is 42.6 Å². The van der Waals surface area contributed by atoms with E-state index in [0.717, 1.165) is 11.3 Å². The molecule has 2 aromatic heterocycles. The zero-order chi connectivity index (χ0) is 42.4. The molecule has 7 rings (SSSR count). The number of nitrogens with zero attached hydrogens (tertiary/aromatic N) is 5. The largest absolute Gasteiger partial charge is 0.456 e. The molecule has 0 radical (unpaired) electrons. The summed E-state index contributed by atoms with van der Waals surface area (Å²) >= 11 is 18.9. The van der Waals surface area contributed by atoms with Crippen LogP contribution in [-0.2, 0) is 39.8 Å². The van der Waals surface area contributed by atoms with E-state index in [4.69, 9.17) is 63.5 Å². The van der Waals surface area contributed by atoms with Crippen molar-refractivity contribution in [3.05, 3.63) is 99.8 Å². The molecule has 0 aliphatic carbocycles. The average molecular weight is 882 g/mol. The Hall–Kier alpha value is -4.87. The number of piperidine rings is 1. The summed E-state index contributed by atoms with van der Waals surface area (Å²) in [6, 6.07) is 21.4. The fourth-order valence-corrected chi connectivity index (χ4v) is 7.66. The van der Waals surface area contributed by atoms with Gasteiger partial charge in [0.1, 0.15) is 23.7 Å². The zero-order valence-corrected chi connectivity index (χ0v) is 35.0. The van der Waals surface area contributed by atoms with Crippen molar-refractivity contribution in [1.29, 1.82) is 0 Å². The first kappa shape index (κ1) is 43.2. The van der Waals surface area contributed by atoms with Crippen molar-refractivity contribution in [2.45, 2.75) is 76.3 Å². The summed E-state index contributed by atoms with van der Waals surface area (Å²) in [6.45, 7) is 4.08. The van der Waals surface area contributed by atoms with E-state index in [-0.39, 0.29) is 58.8 Å². The van der Waals surface area contributed by atoms with Gasteiger partial charge in [0.25, 0.3) is 5.88 Å². The van der Waals surface area contributed by atoms with Crippen LogP contribution in [0.25, 0.3) is 11.2 Å². The van der Waals surface area contributed by atoms with Gasteiger partial charge in [-0.15, -0.1) is 0 Å². The number of aromatic nitrogens is 4. The number of ketones is 1. The summed E-state index contributed by atoms with van der Waals surface area (Å²) in [7, 11) is 0. The van der Waals surface area contributed by atoms with Crippen LogP contribution in [0.5, 0.6) is 11.6 Å². The number of amides is 1. The Morgan fingerprint density at radius 1 is 0.950 bits per heavy atom. The first-order valence-corrected chi connectivity index (χ1v) is 20.6. The number of fused-ring (bicyclic) bond motifs is 1. The lowest BCUT2D eigenvalue weighted by molar-refractivity contribution is -0.286. The highest BCUT2D eigenvalue weighted by Gasteiger charge is 2.53. The number of benzene rings is 3. The molecule has 0 bridgehead atoms. The molecule has 2 aliphatic rings. The highest BCUT2D eigenvalue weighted by atomic mass is 35.5. The summed E-state index contributed by atoms with van der Waals surface area (Å²) in [6.07, 6.45) is -2.47. The minimum Gasteiger partial charge on any atom is -0.456 e. The Labute approximate surface area is 360 Å². The molecule has 18 heteroatoms. The molecule has 2 aliphatic heterocycles. The van der Waals surface area contributed by atoms with E-state index in [1.54, 1.807) is 12.1 Å². The lowest BCUT2D eigenvalue weighted by atomic mass is 10.0. The molecule has 1 amide bonds. The molecule has 2 N–H and O–H groups in total. The number of aliphatic hydroxyl groups is 1. The van der Waals surface area contributed by atoms with Crippen molar-refractivity contribution in [2.75, 3.05) is 36.5 Å². The molecule has 0 saturated carbocycles. The molecule has 0 unspecified atom stereocenters. The number of halogens is 3. The van der Waals surface area contributed by atoms with Crippen LogP contribution in [0.1, 0.15) is 51.3 Å². The summed E-state index contributed by atoms with van der Waals surface area (Å²) < 4.78 is 33.6. The van der Waals surface area contributed by atoms with Gasteiger partial charge in [-0.1, -0.05) is 65.1 Å². The van der Waals surface area contributed by atoms with Crippen LogP contribution >= 0.6 is 34.8 Å². The number of hydrogen-bond acceptors (Lipinski definition) is 13. The quantitative estimate of drug-likeness (QED) is 0.0744. The molecule has 316 valence electrons. The van der Waals surface area contributed by atoms with Crippen molar-refractivity contribution >= 4 is 75.3 Å². The Bertz CT molecular complexity index is 2310. The summed E-state index contributed by atoms with van der Waals surface area (Å²) in [4.78, 5) is 54.4. The van der Waals surface area contributed by atoms with Gasteiger partial charge >= 0.3 is 5.97 Å². The van der Waals surface area contributed by atoms with Crippen LogP contribution in [0.4, 0.5) is 11.6 Å². The molecular weight excluding hydrogens is 839 g/mol. The fraction of sp³-hybridized carbons (Fsp3) is 0.381. The molecule has 0 spiro atoms. The standard InChI is InChI=1S/C42H43Cl3N6O9/c1-3-56-42(17-19-50(20-18-42)29-13-10-27(43)11-14-29)60-37-36(59-34(55)16-9-25(2)53)32(23-52)58-40(37)51-24-46-35-38(51)48-41(47-33(54)21-26-7-5-4-6-8-26)49-39(35)57-31-22-28(44)12-15-30(31)45/h4-8,10-15,22,24,32,36-37,40,52H,3,9,16-21,23H2,1-2H3,(H,47,48,49,54)/t32-,36-,37-,40-/m1/s1. The number of carbonyl (C=O) groups excluding carboxylic acids is 3. The van der Waals surface area contributed by atoms with Gasteiger partial charge in [-0.05, 0) is 55.8 Å². The van der Waals surface area contributed by atoms with Gasteiger partial charge in [-0.25, -0.2) is 4.98 Å². The van der Waals surface area contributed by atoms with Crippen molar-refractivity contribution in [3.63, 3.8) is 0 Å². The van der Waals surface area contributed by atoms with Crippen LogP contribution in [0, 0.1) is 0 Å². The molecule has 3 aromatic carbocycles. The minimum atomic E-state index is -1.18. The maximum Gasteiger partial charge on any atom is 0.306 e. The molecule has 2 fully saturated rings. The summed E-state index contributed by atoms with van der Waals surface area (Å²) in [5.41, 5.74) is 2.03. The molecule has 4 heterocycles. The number of aliphatic hydroxyl groups excluding tert-OH is 1. The number of imidazole rings is 1. The minimum absolute atomic E-state index is 0.0310. The highest BCUT2D eigenvalue weighted by Crippen LogP contribution is 2.42. The predicted octanol–water partition coefficient (Wildman–Crippen LogP) is 7.35. The SMILES string of the molecule is CCOC1(O[C@@H]2[C@H](OC(=O)CCC(C)=O)[C@@H](CO)O[C@H]2n2cnc3c(Oc4cc(Cl)ccc4Cl)nc(NC(=O)Cc4ccccc4)nc32)CCN(c2ccc(Cl)cc2)CC1. The van der Waals surface area contributed by atoms with E-state index in [9.17, 15) is 19.5 Å². The van der Waals surface area contributed by atoms with E-state index >= 15 is 0 Å². The van der Waals surface area contributed by atoms with Crippen molar-refractivity contribution in [2.24, 2.45) is 0 Å². The first-order chi connectivity index (χ1) is 28.9. The van der Waals surface area contributed by atoms with Crippen molar-refractivity contribution in [1.82, 2.24) is 19.5 Å². The Morgan fingerprint density at radius 2 is 1.68 bits per heavy atom. The maximum atomic E-state index is 13.3. The van der Waals surface area contributed by atoms with E-state index in [2.05, 4.69) is 20.2 Å². The fourth-order valence-electron chi connectivity index (χ4n) is 7.21. The van der Waals surface area contributed by atoms with Crippen LogP contribution < -0.4 is 15.0 Å². The van der Waals surface area contributed by atoms with Gasteiger partial charge in [0.15, 0.2) is 29.3 Å². The van der Waals surface area contributed by atoms with E-state index in [1.165, 1.54) is 23.9 Å². The third-order valence-electron chi connectivity index (χ3n) is 10.1. The molecule has 5 aromatic rings. The third kappa shape index (κ3) is 10.2. The van der Waals surface area contributed by atoms with Gasteiger partial charge < -0.3 is 38.5 Å². The maximum absolute atomic E-state index is 13.3. The second-order valence-electron chi connectivity index (χ2n) is 14.4. The van der Waals surface area contributed by atoms with Gasteiger partial charge in [0, 0.05) is 60.8 Å². The Morgan fingerprint density at radius 3 is 2.38 bits per heavy atom. The Balaban J connectivity index is 1.27. The van der Waals surface area contributed by atoms with Crippen molar-refractivity contribution < 1.29 is 43.2 Å². The first-order valence-electron chi connectivity index (χ1n) is 19.4. The van der Waals surface area contributed by atoms with Crippen LogP contribution in [-0.4, -0.2) is 92.7 Å². The zero-order valence-electron chi connectivity index (χ0n) is 32.8. The Kier molecular flexibility index (Phi) is 13.9. The highest BCUT2D eigenvalue weighted by molar-refractivity contribution is 6.34. The van der Waals surface area contributed by atoms with E-state index < -0.39 is 48.8 Å². The summed E-state index contributed by atoms with van der Waals surface area (Å²) in [5.74, 6) is -2.48. The van der Waals surface area contributed by atoms with Gasteiger partial charge in [-0.3, -0.25) is 19.5 Å². The number of rotatable bonds is 16. The lowest BCUT2D eigenvalue weighted by Crippen LogP contribution is -2.52. The number of ether oxygens (including phenoxy) is 5. The van der Waals surface area contributed by atoms with Gasteiger partial charge in [-0.2, -0.15) is 9.97 Å².